The third-order valence-electron chi connectivity index (χ3n) is 3.91. The zero-order valence-corrected chi connectivity index (χ0v) is 11.5. The van der Waals surface area contributed by atoms with Crippen LogP contribution < -0.4 is 5.73 Å². The van der Waals surface area contributed by atoms with Crippen LogP contribution in [0.1, 0.15) is 43.3 Å². The fraction of sp³-hybridized carbons (Fsp3) is 0.438. The van der Waals surface area contributed by atoms with Crippen LogP contribution in [0.25, 0.3) is 11.3 Å². The van der Waals surface area contributed by atoms with Crippen molar-refractivity contribution in [3.05, 3.63) is 41.4 Å². The van der Waals surface area contributed by atoms with Crippen LogP contribution in [0.2, 0.25) is 0 Å². The molecule has 0 saturated carbocycles. The summed E-state index contributed by atoms with van der Waals surface area (Å²) in [6.07, 6.45) is 5.43. The Hall–Kier alpha value is -1.61. The molecule has 0 saturated heterocycles. The summed E-state index contributed by atoms with van der Waals surface area (Å²) < 4.78 is 5.82. The maximum absolute atomic E-state index is 6.06. The zero-order chi connectivity index (χ0) is 13.4. The molecule has 0 spiro atoms. The molecule has 0 radical (unpaired) electrons. The van der Waals surface area contributed by atoms with E-state index >= 15 is 0 Å². The Morgan fingerprint density at radius 1 is 1.21 bits per heavy atom. The highest BCUT2D eigenvalue weighted by Gasteiger charge is 2.18. The molecule has 3 heteroatoms. The first kappa shape index (κ1) is 12.4. The van der Waals surface area contributed by atoms with Gasteiger partial charge in [-0.3, -0.25) is 0 Å². The molecule has 1 unspecified atom stereocenters. The molecule has 1 aromatic carbocycles. The van der Waals surface area contributed by atoms with Gasteiger partial charge in [0, 0.05) is 5.56 Å². The Kier molecular flexibility index (Phi) is 3.15. The zero-order valence-electron chi connectivity index (χ0n) is 11.5. The average Bonchev–Trinajstić information content (AvgIpc) is 3.05. The summed E-state index contributed by atoms with van der Waals surface area (Å²) in [5.41, 5.74) is 10.1. The minimum Gasteiger partial charge on any atom is -0.439 e. The van der Waals surface area contributed by atoms with Crippen molar-refractivity contribution in [1.29, 1.82) is 0 Å². The summed E-state index contributed by atoms with van der Waals surface area (Å²) in [7, 11) is 0. The molecule has 1 atom stereocenters. The number of oxazole rings is 1. The highest BCUT2D eigenvalue weighted by molar-refractivity contribution is 5.59. The van der Waals surface area contributed by atoms with E-state index in [0.717, 1.165) is 11.3 Å². The summed E-state index contributed by atoms with van der Waals surface area (Å²) >= 11 is 0. The molecule has 1 aliphatic rings. The molecule has 0 fully saturated rings. The SMILES string of the molecule is CC(C)C(N)c1ncc(-c2ccc3c(c2)CCC3)o1. The predicted octanol–water partition coefficient (Wildman–Crippen LogP) is 3.49. The molecule has 19 heavy (non-hydrogen) atoms. The molecular weight excluding hydrogens is 236 g/mol. The Balaban J connectivity index is 1.90. The van der Waals surface area contributed by atoms with Gasteiger partial charge in [0.1, 0.15) is 0 Å². The normalized spacial score (nSPS) is 15.8. The largest absolute Gasteiger partial charge is 0.439 e. The molecule has 1 aromatic heterocycles. The van der Waals surface area contributed by atoms with E-state index < -0.39 is 0 Å². The van der Waals surface area contributed by atoms with E-state index in [-0.39, 0.29) is 6.04 Å². The topological polar surface area (TPSA) is 52.0 Å². The van der Waals surface area contributed by atoms with Gasteiger partial charge in [-0.2, -0.15) is 0 Å². The number of hydrogen-bond donors (Lipinski definition) is 1. The lowest BCUT2D eigenvalue weighted by molar-refractivity contribution is 0.394. The molecule has 100 valence electrons. The van der Waals surface area contributed by atoms with E-state index in [1.54, 1.807) is 6.20 Å². The van der Waals surface area contributed by atoms with Crippen LogP contribution in [0.5, 0.6) is 0 Å². The summed E-state index contributed by atoms with van der Waals surface area (Å²) in [5.74, 6) is 1.78. The number of aryl methyl sites for hydroxylation is 2. The molecule has 2 N–H and O–H groups in total. The van der Waals surface area contributed by atoms with Crippen LogP contribution >= 0.6 is 0 Å². The van der Waals surface area contributed by atoms with Crippen LogP contribution in [-0.4, -0.2) is 4.98 Å². The van der Waals surface area contributed by atoms with E-state index in [2.05, 4.69) is 37.0 Å². The van der Waals surface area contributed by atoms with E-state index in [1.165, 1.54) is 30.4 Å². The minimum absolute atomic E-state index is 0.136. The van der Waals surface area contributed by atoms with Crippen LogP contribution in [0, 0.1) is 5.92 Å². The van der Waals surface area contributed by atoms with E-state index in [1.807, 2.05) is 0 Å². The first-order chi connectivity index (χ1) is 9.15. The number of nitrogens with zero attached hydrogens (tertiary/aromatic N) is 1. The molecule has 3 nitrogen and oxygen atoms in total. The predicted molar refractivity (Wildman–Crippen MR) is 75.7 cm³/mol. The summed E-state index contributed by atoms with van der Waals surface area (Å²) in [5, 5.41) is 0. The number of nitrogens with two attached hydrogens (primary N) is 1. The molecule has 1 aliphatic carbocycles. The van der Waals surface area contributed by atoms with Crippen molar-refractivity contribution in [2.75, 3.05) is 0 Å². The lowest BCUT2D eigenvalue weighted by Crippen LogP contribution is -2.16. The summed E-state index contributed by atoms with van der Waals surface area (Å²) in [6.45, 7) is 4.15. The molecule has 0 bridgehead atoms. The van der Waals surface area contributed by atoms with Gasteiger partial charge in [0.05, 0.1) is 12.2 Å². The van der Waals surface area contributed by atoms with Crippen molar-refractivity contribution in [2.24, 2.45) is 11.7 Å². The second-order valence-electron chi connectivity index (χ2n) is 5.67. The van der Waals surface area contributed by atoms with Gasteiger partial charge in [-0.1, -0.05) is 26.0 Å². The lowest BCUT2D eigenvalue weighted by Gasteiger charge is -2.10. The van der Waals surface area contributed by atoms with Gasteiger partial charge in [-0.15, -0.1) is 0 Å². The van der Waals surface area contributed by atoms with Crippen molar-refractivity contribution in [2.45, 2.75) is 39.2 Å². The lowest BCUT2D eigenvalue weighted by atomic mass is 10.1. The summed E-state index contributed by atoms with van der Waals surface area (Å²) in [6, 6.07) is 6.42. The van der Waals surface area contributed by atoms with E-state index in [4.69, 9.17) is 10.2 Å². The number of aromatic nitrogens is 1. The van der Waals surface area contributed by atoms with Crippen molar-refractivity contribution in [1.82, 2.24) is 4.98 Å². The Morgan fingerprint density at radius 3 is 2.79 bits per heavy atom. The van der Waals surface area contributed by atoms with Gasteiger partial charge in [0.15, 0.2) is 5.76 Å². The standard InChI is InChI=1S/C16H20N2O/c1-10(2)15(17)16-18-9-14(19-16)13-7-6-11-4-3-5-12(11)8-13/h6-10,15H,3-5,17H2,1-2H3. The number of rotatable bonds is 3. The highest BCUT2D eigenvalue weighted by Crippen LogP contribution is 2.29. The van der Waals surface area contributed by atoms with Crippen molar-refractivity contribution >= 4 is 0 Å². The van der Waals surface area contributed by atoms with Crippen LogP contribution in [0.4, 0.5) is 0 Å². The second kappa shape index (κ2) is 4.82. The van der Waals surface area contributed by atoms with Gasteiger partial charge in [0.25, 0.3) is 0 Å². The monoisotopic (exact) mass is 256 g/mol. The van der Waals surface area contributed by atoms with Crippen LogP contribution in [0.3, 0.4) is 0 Å². The number of benzene rings is 1. The molecule has 2 aromatic rings. The third kappa shape index (κ3) is 2.30. The van der Waals surface area contributed by atoms with Crippen molar-refractivity contribution in [3.63, 3.8) is 0 Å². The second-order valence-corrected chi connectivity index (χ2v) is 5.67. The van der Waals surface area contributed by atoms with E-state index in [9.17, 15) is 0 Å². The van der Waals surface area contributed by atoms with Crippen molar-refractivity contribution in [3.8, 4) is 11.3 Å². The van der Waals surface area contributed by atoms with Gasteiger partial charge >= 0.3 is 0 Å². The van der Waals surface area contributed by atoms with Gasteiger partial charge in [-0.25, -0.2) is 4.98 Å². The maximum atomic E-state index is 6.06. The first-order valence-electron chi connectivity index (χ1n) is 6.98. The number of hydrogen-bond acceptors (Lipinski definition) is 3. The Morgan fingerprint density at radius 2 is 2.00 bits per heavy atom. The third-order valence-corrected chi connectivity index (χ3v) is 3.91. The molecular formula is C16H20N2O. The molecule has 1 heterocycles. The molecule has 0 aliphatic heterocycles. The van der Waals surface area contributed by atoms with Crippen molar-refractivity contribution < 1.29 is 4.42 Å². The van der Waals surface area contributed by atoms with Gasteiger partial charge in [0.2, 0.25) is 5.89 Å². The number of fused-ring (bicyclic) bond motifs is 1. The highest BCUT2D eigenvalue weighted by atomic mass is 16.4. The molecule has 0 amide bonds. The van der Waals surface area contributed by atoms with Gasteiger partial charge < -0.3 is 10.2 Å². The Labute approximate surface area is 113 Å². The molecule has 3 rings (SSSR count). The maximum Gasteiger partial charge on any atom is 0.212 e. The summed E-state index contributed by atoms with van der Waals surface area (Å²) in [4.78, 5) is 4.32. The van der Waals surface area contributed by atoms with Crippen LogP contribution in [-0.2, 0) is 12.8 Å². The quantitative estimate of drug-likeness (QED) is 0.914. The fourth-order valence-electron chi connectivity index (χ4n) is 2.59. The smallest absolute Gasteiger partial charge is 0.212 e. The Bertz CT molecular complexity index is 586. The first-order valence-corrected chi connectivity index (χ1v) is 6.98. The fourth-order valence-corrected chi connectivity index (χ4v) is 2.59. The van der Waals surface area contributed by atoms with Gasteiger partial charge in [-0.05, 0) is 42.4 Å². The minimum atomic E-state index is -0.136. The van der Waals surface area contributed by atoms with Crippen LogP contribution in [0.15, 0.2) is 28.8 Å². The van der Waals surface area contributed by atoms with E-state index in [0.29, 0.717) is 11.8 Å². The average molecular weight is 256 g/mol.